The maximum Gasteiger partial charge on any atom is 0.221 e. The Morgan fingerprint density at radius 2 is 2.00 bits per heavy atom. The fourth-order valence-electron chi connectivity index (χ4n) is 0.807. The molecule has 0 radical (unpaired) electrons. The predicted molar refractivity (Wildman–Crippen MR) is 49.7 cm³/mol. The Bertz CT molecular complexity index is 182. The molecule has 0 saturated heterocycles. The largest absolute Gasteiger partial charge is 0.370 e. The summed E-state index contributed by atoms with van der Waals surface area (Å²) in [5.74, 6) is -0.791. The lowest BCUT2D eigenvalue weighted by atomic mass is 10.1. The second kappa shape index (κ2) is 6.42. The Kier molecular flexibility index (Phi) is 5.88. The van der Waals surface area contributed by atoms with Crippen LogP contribution in [-0.4, -0.2) is 24.9 Å². The van der Waals surface area contributed by atoms with Crippen molar-refractivity contribution in [3.63, 3.8) is 0 Å². The van der Waals surface area contributed by atoms with E-state index in [2.05, 4.69) is 5.32 Å². The van der Waals surface area contributed by atoms with E-state index in [9.17, 15) is 9.59 Å². The monoisotopic (exact) mass is 187 g/mol. The van der Waals surface area contributed by atoms with Crippen molar-refractivity contribution in [2.45, 2.75) is 19.8 Å². The van der Waals surface area contributed by atoms with Gasteiger partial charge in [0, 0.05) is 18.9 Å². The van der Waals surface area contributed by atoms with Crippen LogP contribution in [0.1, 0.15) is 19.8 Å². The number of nitrogens with one attached hydrogen (secondary N) is 1. The number of carbonyl (C=O) groups is 2. The van der Waals surface area contributed by atoms with Crippen molar-refractivity contribution in [3.8, 4) is 0 Å². The first-order valence-electron chi connectivity index (χ1n) is 4.32. The van der Waals surface area contributed by atoms with Gasteiger partial charge in [-0.25, -0.2) is 0 Å². The number of nitrogens with two attached hydrogens (primary N) is 2. The van der Waals surface area contributed by atoms with Crippen LogP contribution in [0.2, 0.25) is 0 Å². The van der Waals surface area contributed by atoms with Crippen LogP contribution in [0.25, 0.3) is 0 Å². The van der Waals surface area contributed by atoms with Crippen molar-refractivity contribution in [3.05, 3.63) is 0 Å². The zero-order valence-electron chi connectivity index (χ0n) is 7.88. The van der Waals surface area contributed by atoms with E-state index in [1.807, 2.05) is 0 Å². The first kappa shape index (κ1) is 11.9. The number of primary amides is 2. The van der Waals surface area contributed by atoms with Gasteiger partial charge in [-0.1, -0.05) is 6.92 Å². The molecule has 0 aliphatic rings. The summed E-state index contributed by atoms with van der Waals surface area (Å²) in [5.41, 5.74) is 9.99. The molecule has 13 heavy (non-hydrogen) atoms. The third-order valence-corrected chi connectivity index (χ3v) is 1.71. The van der Waals surface area contributed by atoms with E-state index in [0.717, 1.165) is 0 Å². The van der Waals surface area contributed by atoms with E-state index >= 15 is 0 Å². The van der Waals surface area contributed by atoms with Crippen molar-refractivity contribution in [2.24, 2.45) is 17.4 Å². The quantitative estimate of drug-likeness (QED) is 0.444. The average Bonchev–Trinajstić information content (AvgIpc) is 2.02. The Hall–Kier alpha value is -1.10. The van der Waals surface area contributed by atoms with Crippen LogP contribution in [0.15, 0.2) is 0 Å². The molecule has 0 heterocycles. The number of hydrogen-bond acceptors (Lipinski definition) is 3. The van der Waals surface area contributed by atoms with Gasteiger partial charge in [0.25, 0.3) is 0 Å². The second-order valence-corrected chi connectivity index (χ2v) is 3.08. The molecule has 5 N–H and O–H groups in total. The summed E-state index contributed by atoms with van der Waals surface area (Å²) in [5, 5.41) is 3.01. The highest BCUT2D eigenvalue weighted by Gasteiger charge is 2.06. The van der Waals surface area contributed by atoms with E-state index in [4.69, 9.17) is 11.5 Å². The minimum atomic E-state index is -0.317. The van der Waals surface area contributed by atoms with E-state index < -0.39 is 0 Å². The van der Waals surface area contributed by atoms with Crippen LogP contribution in [0.5, 0.6) is 0 Å². The van der Waals surface area contributed by atoms with E-state index in [1.165, 1.54) is 0 Å². The Labute approximate surface area is 77.8 Å². The molecule has 0 aromatic rings. The maximum atomic E-state index is 10.6. The molecule has 0 aliphatic carbocycles. The summed E-state index contributed by atoms with van der Waals surface area (Å²) >= 11 is 0. The zero-order valence-corrected chi connectivity index (χ0v) is 7.88. The maximum absolute atomic E-state index is 10.6. The molecule has 1 unspecified atom stereocenters. The lowest BCUT2D eigenvalue weighted by Gasteiger charge is -2.07. The molecule has 5 nitrogen and oxygen atoms in total. The van der Waals surface area contributed by atoms with Gasteiger partial charge in [0.2, 0.25) is 11.8 Å². The fourth-order valence-corrected chi connectivity index (χ4v) is 0.807. The number of hydrogen-bond donors (Lipinski definition) is 3. The molecule has 0 spiro atoms. The summed E-state index contributed by atoms with van der Waals surface area (Å²) in [6.07, 6.45) is 1.07. The van der Waals surface area contributed by atoms with Gasteiger partial charge in [0.15, 0.2) is 0 Å². The van der Waals surface area contributed by atoms with Crippen LogP contribution in [0.3, 0.4) is 0 Å². The van der Waals surface area contributed by atoms with E-state index in [1.54, 1.807) is 6.92 Å². The molecule has 0 rings (SSSR count). The average molecular weight is 187 g/mol. The van der Waals surface area contributed by atoms with Gasteiger partial charge in [-0.15, -0.1) is 0 Å². The van der Waals surface area contributed by atoms with Crippen molar-refractivity contribution < 1.29 is 9.59 Å². The number of amides is 2. The highest BCUT2D eigenvalue weighted by atomic mass is 16.1. The van der Waals surface area contributed by atoms with Gasteiger partial charge in [0.1, 0.15) is 0 Å². The third kappa shape index (κ3) is 7.27. The van der Waals surface area contributed by atoms with Crippen LogP contribution < -0.4 is 16.8 Å². The first-order valence-corrected chi connectivity index (χ1v) is 4.32. The van der Waals surface area contributed by atoms with Gasteiger partial charge in [-0.2, -0.15) is 0 Å². The Morgan fingerprint density at radius 1 is 1.38 bits per heavy atom. The molecule has 5 heteroatoms. The summed E-state index contributed by atoms with van der Waals surface area (Å²) in [7, 11) is 0. The smallest absolute Gasteiger partial charge is 0.221 e. The van der Waals surface area contributed by atoms with Crippen molar-refractivity contribution >= 4 is 11.8 Å². The fraction of sp³-hybridized carbons (Fsp3) is 0.750. The minimum absolute atomic E-state index is 0.173. The lowest BCUT2D eigenvalue weighted by molar-refractivity contribution is -0.121. The summed E-state index contributed by atoms with van der Waals surface area (Å²) in [6, 6.07) is 0. The number of rotatable bonds is 7. The van der Waals surface area contributed by atoms with Gasteiger partial charge in [-0.3, -0.25) is 9.59 Å². The summed E-state index contributed by atoms with van der Waals surface area (Å²) < 4.78 is 0. The molecule has 0 saturated carbocycles. The Balaban J connectivity index is 3.26. The van der Waals surface area contributed by atoms with Crippen LogP contribution in [0.4, 0.5) is 0 Å². The van der Waals surface area contributed by atoms with Gasteiger partial charge in [-0.05, 0) is 13.0 Å². The molecule has 0 aromatic carbocycles. The molecule has 0 aliphatic heterocycles. The molecule has 0 bridgehead atoms. The van der Waals surface area contributed by atoms with Crippen molar-refractivity contribution in [2.75, 3.05) is 13.1 Å². The molecular weight excluding hydrogens is 170 g/mol. The molecule has 2 amide bonds. The zero-order chi connectivity index (χ0) is 10.3. The summed E-state index contributed by atoms with van der Waals surface area (Å²) in [4.78, 5) is 20.9. The van der Waals surface area contributed by atoms with E-state index in [-0.39, 0.29) is 17.7 Å². The topological polar surface area (TPSA) is 98.2 Å². The van der Waals surface area contributed by atoms with Crippen LogP contribution in [-0.2, 0) is 9.59 Å². The first-order chi connectivity index (χ1) is 6.04. The predicted octanol–water partition coefficient (Wildman–Crippen LogP) is -1.04. The number of carbonyl (C=O) groups excluding carboxylic acids is 2. The van der Waals surface area contributed by atoms with Gasteiger partial charge in [0.05, 0.1) is 0 Å². The van der Waals surface area contributed by atoms with Crippen molar-refractivity contribution in [1.29, 1.82) is 0 Å². The molecular formula is C8H17N3O2. The third-order valence-electron chi connectivity index (χ3n) is 1.71. The molecule has 1 atom stereocenters. The van der Waals surface area contributed by atoms with Crippen molar-refractivity contribution in [1.82, 2.24) is 5.32 Å². The molecule has 76 valence electrons. The minimum Gasteiger partial charge on any atom is -0.370 e. The Morgan fingerprint density at radius 3 is 2.46 bits per heavy atom. The van der Waals surface area contributed by atoms with Crippen LogP contribution in [0, 0.1) is 5.92 Å². The molecule has 0 aromatic heterocycles. The SMILES string of the molecule is CC(CNCCCC(N)=O)C(N)=O. The van der Waals surface area contributed by atoms with Crippen LogP contribution >= 0.6 is 0 Å². The standard InChI is InChI=1S/C8H17N3O2/c1-6(8(10)13)5-11-4-2-3-7(9)12/h6,11H,2-5H2,1H3,(H2,9,12)(H2,10,13). The highest BCUT2D eigenvalue weighted by Crippen LogP contribution is 1.90. The van der Waals surface area contributed by atoms with E-state index in [0.29, 0.717) is 25.9 Å². The van der Waals surface area contributed by atoms with Gasteiger partial charge >= 0.3 is 0 Å². The van der Waals surface area contributed by atoms with Gasteiger partial charge < -0.3 is 16.8 Å². The normalized spacial score (nSPS) is 12.4. The summed E-state index contributed by atoms with van der Waals surface area (Å²) in [6.45, 7) is 2.98. The lowest BCUT2D eigenvalue weighted by Crippen LogP contribution is -2.31. The molecule has 0 fully saturated rings. The second-order valence-electron chi connectivity index (χ2n) is 3.08. The highest BCUT2D eigenvalue weighted by molar-refractivity contribution is 5.76.